The van der Waals surface area contributed by atoms with Crippen LogP contribution < -0.4 is 5.32 Å². The summed E-state index contributed by atoms with van der Waals surface area (Å²) >= 11 is 0. The summed E-state index contributed by atoms with van der Waals surface area (Å²) < 4.78 is 30.8. The van der Waals surface area contributed by atoms with Crippen LogP contribution in [0, 0.1) is 12.8 Å². The van der Waals surface area contributed by atoms with Crippen molar-refractivity contribution < 1.29 is 13.2 Å². The second-order valence-electron chi connectivity index (χ2n) is 5.77. The van der Waals surface area contributed by atoms with Gasteiger partial charge < -0.3 is 10.1 Å². The summed E-state index contributed by atoms with van der Waals surface area (Å²) in [6.07, 6.45) is 0.760. The van der Waals surface area contributed by atoms with Gasteiger partial charge in [0.1, 0.15) is 11.6 Å². The molecule has 1 fully saturated rings. The second kappa shape index (κ2) is 6.89. The maximum atomic E-state index is 12.1. The minimum atomic E-state index is -3.25. The van der Waals surface area contributed by atoms with Gasteiger partial charge in [0.2, 0.25) is 10.0 Å². The third-order valence-electron chi connectivity index (χ3n) is 3.73. The summed E-state index contributed by atoms with van der Waals surface area (Å²) in [4.78, 5) is 8.79. The Balaban J connectivity index is 2.10. The van der Waals surface area contributed by atoms with Gasteiger partial charge in [0.25, 0.3) is 0 Å². The SMILES string of the molecule is CCc1nc(C)cc(N[C@H]2COC[C@H]2CS(=O)(=O)N(C)C)n1. The minimum Gasteiger partial charge on any atom is -0.379 e. The maximum Gasteiger partial charge on any atom is 0.214 e. The molecule has 7 nitrogen and oxygen atoms in total. The standard InChI is InChI=1S/C14H24N4O3S/c1-5-13-15-10(2)6-14(17-13)16-12-8-21-7-11(12)9-22(19,20)18(3)4/h6,11-12H,5,7-9H2,1-4H3,(H,15,16,17)/t11-,12-/m0/s1. The number of hydrogen-bond acceptors (Lipinski definition) is 6. The molecule has 8 heteroatoms. The average molecular weight is 328 g/mol. The highest BCUT2D eigenvalue weighted by Gasteiger charge is 2.33. The smallest absolute Gasteiger partial charge is 0.214 e. The molecule has 0 radical (unpaired) electrons. The lowest BCUT2D eigenvalue weighted by atomic mass is 10.1. The number of aromatic nitrogens is 2. The van der Waals surface area contributed by atoms with Crippen molar-refractivity contribution in [3.05, 3.63) is 17.6 Å². The van der Waals surface area contributed by atoms with Crippen LogP contribution >= 0.6 is 0 Å². The molecule has 1 aliphatic heterocycles. The fraction of sp³-hybridized carbons (Fsp3) is 0.714. The van der Waals surface area contributed by atoms with Crippen molar-refractivity contribution in [3.63, 3.8) is 0 Å². The number of sulfonamides is 1. The molecule has 1 aromatic heterocycles. The Bertz CT molecular complexity index is 619. The quantitative estimate of drug-likeness (QED) is 0.826. The van der Waals surface area contributed by atoms with E-state index in [-0.39, 0.29) is 17.7 Å². The highest BCUT2D eigenvalue weighted by Crippen LogP contribution is 2.21. The Hall–Kier alpha value is -1.25. The summed E-state index contributed by atoms with van der Waals surface area (Å²) in [6, 6.07) is 1.81. The highest BCUT2D eigenvalue weighted by atomic mass is 32.2. The van der Waals surface area contributed by atoms with Gasteiger partial charge in [0.15, 0.2) is 0 Å². The molecule has 1 N–H and O–H groups in total. The van der Waals surface area contributed by atoms with Crippen molar-refractivity contribution in [2.75, 3.05) is 38.4 Å². The molecule has 0 unspecified atom stereocenters. The van der Waals surface area contributed by atoms with Gasteiger partial charge >= 0.3 is 0 Å². The monoisotopic (exact) mass is 328 g/mol. The van der Waals surface area contributed by atoms with Crippen LogP contribution in [0.3, 0.4) is 0 Å². The Morgan fingerprint density at radius 3 is 2.73 bits per heavy atom. The zero-order chi connectivity index (χ0) is 16.3. The Labute approximate surface area is 132 Å². The molecule has 0 bridgehead atoms. The van der Waals surface area contributed by atoms with Crippen molar-refractivity contribution >= 4 is 15.8 Å². The minimum absolute atomic E-state index is 0.0614. The Morgan fingerprint density at radius 2 is 2.09 bits per heavy atom. The Morgan fingerprint density at radius 1 is 1.36 bits per heavy atom. The lowest BCUT2D eigenvalue weighted by Crippen LogP contribution is -2.37. The molecule has 124 valence electrons. The van der Waals surface area contributed by atoms with Crippen LogP contribution in [0.5, 0.6) is 0 Å². The second-order valence-corrected chi connectivity index (χ2v) is 8.00. The summed E-state index contributed by atoms with van der Waals surface area (Å²) in [5.74, 6) is 1.49. The van der Waals surface area contributed by atoms with Crippen molar-refractivity contribution in [1.82, 2.24) is 14.3 Å². The molecule has 2 heterocycles. The van der Waals surface area contributed by atoms with Gasteiger partial charge in [-0.1, -0.05) is 6.92 Å². The van der Waals surface area contributed by atoms with Crippen molar-refractivity contribution in [1.29, 1.82) is 0 Å². The van der Waals surface area contributed by atoms with Crippen LogP contribution in [0.15, 0.2) is 6.07 Å². The lowest BCUT2D eigenvalue weighted by molar-refractivity contribution is 0.187. The molecule has 2 atom stereocenters. The number of anilines is 1. The van der Waals surface area contributed by atoms with Gasteiger partial charge in [-0.05, 0) is 6.92 Å². The number of aryl methyl sites for hydroxylation is 2. The predicted molar refractivity (Wildman–Crippen MR) is 85.3 cm³/mol. The van der Waals surface area contributed by atoms with Crippen molar-refractivity contribution in [2.24, 2.45) is 5.92 Å². The van der Waals surface area contributed by atoms with Gasteiger partial charge in [0.05, 0.1) is 25.0 Å². The zero-order valence-corrected chi connectivity index (χ0v) is 14.4. The third-order valence-corrected chi connectivity index (χ3v) is 5.69. The summed E-state index contributed by atoms with van der Waals surface area (Å²) in [7, 11) is -0.146. The molecule has 0 aromatic carbocycles. The number of ether oxygens (including phenoxy) is 1. The van der Waals surface area contributed by atoms with Gasteiger partial charge in [-0.15, -0.1) is 0 Å². The summed E-state index contributed by atoms with van der Waals surface area (Å²) in [5, 5.41) is 3.31. The molecule has 22 heavy (non-hydrogen) atoms. The van der Waals surface area contributed by atoms with Crippen LogP contribution in [0.1, 0.15) is 18.4 Å². The van der Waals surface area contributed by atoms with E-state index < -0.39 is 10.0 Å². The van der Waals surface area contributed by atoms with Crippen molar-refractivity contribution in [2.45, 2.75) is 26.3 Å². The molecular weight excluding hydrogens is 304 g/mol. The van der Waals surface area contributed by atoms with Crippen LogP contribution in [0.2, 0.25) is 0 Å². The number of hydrogen-bond donors (Lipinski definition) is 1. The van der Waals surface area contributed by atoms with Gasteiger partial charge in [0, 0.05) is 38.2 Å². The summed E-state index contributed by atoms with van der Waals surface area (Å²) in [6.45, 7) is 4.85. The van der Waals surface area contributed by atoms with Gasteiger partial charge in [-0.3, -0.25) is 0 Å². The fourth-order valence-corrected chi connectivity index (χ4v) is 3.56. The first kappa shape index (κ1) is 17.1. The van der Waals surface area contributed by atoms with E-state index in [0.717, 1.165) is 23.8 Å². The van der Waals surface area contributed by atoms with Gasteiger partial charge in [-0.2, -0.15) is 0 Å². The molecule has 2 rings (SSSR count). The fourth-order valence-electron chi connectivity index (χ4n) is 2.39. The lowest BCUT2D eigenvalue weighted by Gasteiger charge is -2.21. The first-order chi connectivity index (χ1) is 10.3. The van der Waals surface area contributed by atoms with E-state index in [4.69, 9.17) is 4.74 Å². The molecule has 0 amide bonds. The predicted octanol–water partition coefficient (Wildman–Crippen LogP) is 0.666. The molecule has 0 spiro atoms. The van der Waals surface area contributed by atoms with E-state index in [1.54, 1.807) is 14.1 Å². The number of nitrogens with one attached hydrogen (secondary N) is 1. The first-order valence-electron chi connectivity index (χ1n) is 7.41. The van der Waals surface area contributed by atoms with E-state index in [2.05, 4.69) is 15.3 Å². The van der Waals surface area contributed by atoms with Crippen LogP contribution in [0.25, 0.3) is 0 Å². The normalized spacial score (nSPS) is 22.2. The first-order valence-corrected chi connectivity index (χ1v) is 9.01. The molecule has 1 aliphatic rings. The summed E-state index contributed by atoms with van der Waals surface area (Å²) in [5.41, 5.74) is 0.894. The maximum absolute atomic E-state index is 12.1. The van der Waals surface area contributed by atoms with E-state index >= 15 is 0 Å². The largest absolute Gasteiger partial charge is 0.379 e. The number of rotatable bonds is 6. The zero-order valence-electron chi connectivity index (χ0n) is 13.5. The van der Waals surface area contributed by atoms with Gasteiger partial charge in [-0.25, -0.2) is 22.7 Å². The van der Waals surface area contributed by atoms with Crippen LogP contribution in [-0.2, 0) is 21.2 Å². The van der Waals surface area contributed by atoms with E-state index in [1.807, 2.05) is 19.9 Å². The average Bonchev–Trinajstić information content (AvgIpc) is 2.84. The van der Waals surface area contributed by atoms with E-state index in [0.29, 0.717) is 13.2 Å². The van der Waals surface area contributed by atoms with Crippen LogP contribution in [-0.4, -0.2) is 61.8 Å². The molecule has 0 aliphatic carbocycles. The molecule has 1 saturated heterocycles. The number of nitrogens with zero attached hydrogens (tertiary/aromatic N) is 3. The van der Waals surface area contributed by atoms with Crippen molar-refractivity contribution in [3.8, 4) is 0 Å². The topological polar surface area (TPSA) is 84.4 Å². The highest BCUT2D eigenvalue weighted by molar-refractivity contribution is 7.89. The van der Waals surface area contributed by atoms with Crippen LogP contribution in [0.4, 0.5) is 5.82 Å². The Kier molecular flexibility index (Phi) is 5.36. The molecule has 0 saturated carbocycles. The molecule has 1 aromatic rings. The molecular formula is C14H24N4O3S. The van der Waals surface area contributed by atoms with E-state index in [9.17, 15) is 8.42 Å². The third kappa shape index (κ3) is 4.15. The van der Waals surface area contributed by atoms with E-state index in [1.165, 1.54) is 4.31 Å².